The third kappa shape index (κ3) is 4.53. The highest BCUT2D eigenvalue weighted by Crippen LogP contribution is 2.25. The first-order valence-electron chi connectivity index (χ1n) is 6.46. The number of hydrogen-bond donors (Lipinski definition) is 2. The molecule has 1 aromatic rings. The second-order valence-corrected chi connectivity index (χ2v) is 4.73. The Labute approximate surface area is 115 Å². The van der Waals surface area contributed by atoms with E-state index in [0.29, 0.717) is 5.11 Å². The number of benzene rings is 1. The zero-order valence-corrected chi connectivity index (χ0v) is 12.0. The summed E-state index contributed by atoms with van der Waals surface area (Å²) >= 11 is 5.30. The molecular weight excluding hydrogens is 244 g/mol. The maximum atomic E-state index is 9.74. The predicted molar refractivity (Wildman–Crippen MR) is 81.3 cm³/mol. The second kappa shape index (κ2) is 7.93. The van der Waals surface area contributed by atoms with E-state index in [4.69, 9.17) is 12.2 Å². The lowest BCUT2D eigenvalue weighted by Crippen LogP contribution is -2.37. The van der Waals surface area contributed by atoms with E-state index in [1.165, 1.54) is 19.3 Å². The summed E-state index contributed by atoms with van der Waals surface area (Å²) in [4.78, 5) is 1.80. The molecule has 0 heterocycles. The van der Waals surface area contributed by atoms with Crippen LogP contribution in [0, 0.1) is 0 Å². The molecule has 0 aliphatic carbocycles. The number of phenolic OH excluding ortho intramolecular Hbond substituents is 1. The summed E-state index contributed by atoms with van der Waals surface area (Å²) in [6.07, 6.45) is 4.86. The van der Waals surface area contributed by atoms with E-state index < -0.39 is 0 Å². The van der Waals surface area contributed by atoms with Crippen molar-refractivity contribution in [1.82, 2.24) is 5.32 Å². The van der Waals surface area contributed by atoms with Gasteiger partial charge in [-0.1, -0.05) is 38.3 Å². The van der Waals surface area contributed by atoms with Crippen LogP contribution in [0.1, 0.15) is 32.6 Å². The fourth-order valence-corrected chi connectivity index (χ4v) is 1.92. The number of rotatable bonds is 6. The summed E-state index contributed by atoms with van der Waals surface area (Å²) in [5.74, 6) is 0.245. The van der Waals surface area contributed by atoms with Crippen molar-refractivity contribution in [2.24, 2.45) is 0 Å². The average Bonchev–Trinajstić information content (AvgIpc) is 2.38. The number of anilines is 1. The molecule has 18 heavy (non-hydrogen) atoms. The van der Waals surface area contributed by atoms with Crippen molar-refractivity contribution in [3.05, 3.63) is 24.3 Å². The molecule has 0 aliphatic heterocycles. The maximum absolute atomic E-state index is 9.74. The van der Waals surface area contributed by atoms with E-state index >= 15 is 0 Å². The molecule has 0 fully saturated rings. The van der Waals surface area contributed by atoms with Gasteiger partial charge in [-0.05, 0) is 30.8 Å². The van der Waals surface area contributed by atoms with Gasteiger partial charge in [0.1, 0.15) is 5.75 Å². The molecule has 1 aromatic carbocycles. The van der Waals surface area contributed by atoms with E-state index in [2.05, 4.69) is 12.2 Å². The van der Waals surface area contributed by atoms with Gasteiger partial charge in [0, 0.05) is 13.6 Å². The molecule has 2 N–H and O–H groups in total. The van der Waals surface area contributed by atoms with Gasteiger partial charge in [-0.25, -0.2) is 0 Å². The average molecular weight is 266 g/mol. The largest absolute Gasteiger partial charge is 0.506 e. The van der Waals surface area contributed by atoms with Crippen LogP contribution in [0.2, 0.25) is 0 Å². The Morgan fingerprint density at radius 2 is 2.00 bits per heavy atom. The Bertz CT molecular complexity index is 382. The van der Waals surface area contributed by atoms with Crippen molar-refractivity contribution < 1.29 is 5.11 Å². The molecule has 0 atom stereocenters. The van der Waals surface area contributed by atoms with E-state index in [1.807, 2.05) is 19.2 Å². The number of phenols is 1. The third-order valence-corrected chi connectivity index (χ3v) is 3.27. The minimum atomic E-state index is 0.245. The van der Waals surface area contributed by atoms with Crippen LogP contribution in [0.4, 0.5) is 5.69 Å². The van der Waals surface area contributed by atoms with Gasteiger partial charge in [-0.2, -0.15) is 0 Å². The zero-order valence-electron chi connectivity index (χ0n) is 11.1. The van der Waals surface area contributed by atoms with Gasteiger partial charge in [-0.15, -0.1) is 0 Å². The highest BCUT2D eigenvalue weighted by molar-refractivity contribution is 7.80. The lowest BCUT2D eigenvalue weighted by atomic mass is 10.2. The lowest BCUT2D eigenvalue weighted by molar-refractivity contribution is 0.476. The van der Waals surface area contributed by atoms with Crippen molar-refractivity contribution in [2.45, 2.75) is 32.6 Å². The van der Waals surface area contributed by atoms with Crippen LogP contribution in [0.5, 0.6) is 5.75 Å². The summed E-state index contributed by atoms with van der Waals surface area (Å²) in [6.45, 7) is 3.08. The molecule has 3 nitrogen and oxygen atoms in total. The smallest absolute Gasteiger partial charge is 0.173 e. The normalized spacial score (nSPS) is 10.1. The first-order valence-corrected chi connectivity index (χ1v) is 6.87. The van der Waals surface area contributed by atoms with Crippen molar-refractivity contribution >= 4 is 23.0 Å². The van der Waals surface area contributed by atoms with Crippen LogP contribution in [0.3, 0.4) is 0 Å². The monoisotopic (exact) mass is 266 g/mol. The minimum Gasteiger partial charge on any atom is -0.506 e. The van der Waals surface area contributed by atoms with Crippen molar-refractivity contribution in [1.29, 1.82) is 0 Å². The fourth-order valence-electron chi connectivity index (χ4n) is 1.72. The molecule has 0 spiro atoms. The number of hydrogen-bond acceptors (Lipinski definition) is 2. The first kappa shape index (κ1) is 14.8. The van der Waals surface area contributed by atoms with Crippen LogP contribution in [-0.2, 0) is 0 Å². The number of thiocarbonyl (C=S) groups is 1. The molecule has 0 saturated heterocycles. The molecule has 0 aliphatic rings. The molecule has 0 radical (unpaired) electrons. The Hall–Kier alpha value is -1.29. The van der Waals surface area contributed by atoms with Crippen molar-refractivity contribution in [2.75, 3.05) is 18.5 Å². The van der Waals surface area contributed by atoms with Gasteiger partial charge < -0.3 is 15.3 Å². The molecule has 4 heteroatoms. The molecule has 0 amide bonds. The van der Waals surface area contributed by atoms with Crippen LogP contribution in [-0.4, -0.2) is 23.8 Å². The van der Waals surface area contributed by atoms with E-state index in [9.17, 15) is 5.11 Å². The summed E-state index contributed by atoms with van der Waals surface area (Å²) in [6, 6.07) is 7.19. The summed E-state index contributed by atoms with van der Waals surface area (Å²) in [5.41, 5.74) is 0.726. The van der Waals surface area contributed by atoms with Crippen LogP contribution in [0.25, 0.3) is 0 Å². The third-order valence-electron chi connectivity index (χ3n) is 2.85. The van der Waals surface area contributed by atoms with E-state index in [-0.39, 0.29) is 5.75 Å². The molecule has 0 bridgehead atoms. The Balaban J connectivity index is 2.40. The lowest BCUT2D eigenvalue weighted by Gasteiger charge is -2.21. The van der Waals surface area contributed by atoms with Gasteiger partial charge in [0.15, 0.2) is 5.11 Å². The van der Waals surface area contributed by atoms with Gasteiger partial charge in [0.2, 0.25) is 0 Å². The van der Waals surface area contributed by atoms with Crippen molar-refractivity contribution in [3.8, 4) is 5.75 Å². The second-order valence-electron chi connectivity index (χ2n) is 4.34. The molecule has 100 valence electrons. The molecule has 0 aromatic heterocycles. The molecule has 0 saturated carbocycles. The van der Waals surface area contributed by atoms with Crippen LogP contribution < -0.4 is 10.2 Å². The summed E-state index contributed by atoms with van der Waals surface area (Å²) in [5, 5.41) is 13.6. The Morgan fingerprint density at radius 1 is 1.28 bits per heavy atom. The quantitative estimate of drug-likeness (QED) is 0.612. The number of nitrogens with zero attached hydrogens (tertiary/aromatic N) is 1. The number of unbranched alkanes of at least 4 members (excludes halogenated alkanes) is 3. The Kier molecular flexibility index (Phi) is 6.50. The van der Waals surface area contributed by atoms with Crippen LogP contribution >= 0.6 is 12.2 Å². The fraction of sp³-hybridized carbons (Fsp3) is 0.500. The zero-order chi connectivity index (χ0) is 13.4. The summed E-state index contributed by atoms with van der Waals surface area (Å²) < 4.78 is 0. The minimum absolute atomic E-state index is 0.245. The topological polar surface area (TPSA) is 35.5 Å². The summed E-state index contributed by atoms with van der Waals surface area (Å²) in [7, 11) is 1.86. The standard InChI is InChI=1S/C14H22N2OS/c1-3-4-5-8-11-15-14(18)16(2)12-9-6-7-10-13(12)17/h6-7,9-10,17H,3-5,8,11H2,1-2H3,(H,15,18). The maximum Gasteiger partial charge on any atom is 0.173 e. The Morgan fingerprint density at radius 3 is 2.67 bits per heavy atom. The SMILES string of the molecule is CCCCCCNC(=S)N(C)c1ccccc1O. The van der Waals surface area contributed by atoms with Gasteiger partial charge in [0.05, 0.1) is 5.69 Å². The highest BCUT2D eigenvalue weighted by Gasteiger charge is 2.09. The number of para-hydroxylation sites is 2. The first-order chi connectivity index (χ1) is 8.66. The number of nitrogens with one attached hydrogen (secondary N) is 1. The molecule has 0 unspecified atom stereocenters. The highest BCUT2D eigenvalue weighted by atomic mass is 32.1. The predicted octanol–water partition coefficient (Wildman–Crippen LogP) is 3.28. The molecule has 1 rings (SSSR count). The van der Waals surface area contributed by atoms with Gasteiger partial charge >= 0.3 is 0 Å². The van der Waals surface area contributed by atoms with Gasteiger partial charge in [0.25, 0.3) is 0 Å². The van der Waals surface area contributed by atoms with Gasteiger partial charge in [-0.3, -0.25) is 0 Å². The molecular formula is C14H22N2OS. The van der Waals surface area contributed by atoms with Crippen molar-refractivity contribution in [3.63, 3.8) is 0 Å². The number of aromatic hydroxyl groups is 1. The van der Waals surface area contributed by atoms with E-state index in [1.54, 1.807) is 17.0 Å². The van der Waals surface area contributed by atoms with Crippen LogP contribution in [0.15, 0.2) is 24.3 Å². The van der Waals surface area contributed by atoms with E-state index in [0.717, 1.165) is 18.7 Å².